The molecule has 3 aromatic rings. The van der Waals surface area contributed by atoms with Crippen LogP contribution in [0.15, 0.2) is 48.8 Å². The Morgan fingerprint density at radius 1 is 1.13 bits per heavy atom. The van der Waals surface area contributed by atoms with Crippen molar-refractivity contribution in [1.82, 2.24) is 19.7 Å². The molecule has 248 valence electrons. The monoisotopic (exact) mass is 659 g/mol. The van der Waals surface area contributed by atoms with Crippen LogP contribution >= 0.6 is 7.75 Å². The van der Waals surface area contributed by atoms with Gasteiger partial charge in [0.05, 0.1) is 18.9 Å². The van der Waals surface area contributed by atoms with E-state index in [1.807, 2.05) is 0 Å². The zero-order valence-corrected chi connectivity index (χ0v) is 26.9. The number of benzene rings is 1. The molecular formula is C30H38N5O10P. The third kappa shape index (κ3) is 7.49. The van der Waals surface area contributed by atoms with E-state index in [-0.39, 0.29) is 18.2 Å². The van der Waals surface area contributed by atoms with Gasteiger partial charge in [0.2, 0.25) is 0 Å². The number of nitrogen functional groups attached to an aromatic ring is 1. The van der Waals surface area contributed by atoms with Gasteiger partial charge < -0.3 is 29.2 Å². The molecule has 2 aromatic heterocycles. The number of anilines is 1. The second kappa shape index (κ2) is 13.8. The number of hydrogen-bond acceptors (Lipinski definition) is 13. The molecule has 6 atom stereocenters. The number of fused-ring (bicyclic) bond motifs is 1. The van der Waals surface area contributed by atoms with Crippen LogP contribution in [0, 0.1) is 5.92 Å². The average molecular weight is 660 g/mol. The highest BCUT2D eigenvalue weighted by atomic mass is 31.2. The molecule has 1 saturated heterocycles. The molecule has 1 saturated carbocycles. The average Bonchev–Trinajstić information content (AvgIpc) is 3.51. The maximum Gasteiger partial charge on any atom is 0.459 e. The minimum Gasteiger partial charge on any atom is -0.464 e. The van der Waals surface area contributed by atoms with Crippen LogP contribution in [0.3, 0.4) is 0 Å². The van der Waals surface area contributed by atoms with Crippen molar-refractivity contribution < 1.29 is 46.9 Å². The van der Waals surface area contributed by atoms with Gasteiger partial charge in [-0.2, -0.15) is 10.2 Å². The molecule has 0 bridgehead atoms. The van der Waals surface area contributed by atoms with Crippen molar-refractivity contribution in [2.45, 2.75) is 76.9 Å². The van der Waals surface area contributed by atoms with E-state index in [2.05, 4.69) is 15.2 Å². The van der Waals surface area contributed by atoms with Crippen LogP contribution < -0.4 is 15.3 Å². The summed E-state index contributed by atoms with van der Waals surface area (Å²) in [5, 5.41) is 6.92. The van der Waals surface area contributed by atoms with Crippen molar-refractivity contribution in [2.24, 2.45) is 5.92 Å². The van der Waals surface area contributed by atoms with Crippen molar-refractivity contribution in [3.63, 3.8) is 0 Å². The smallest absolute Gasteiger partial charge is 0.459 e. The zero-order chi connectivity index (χ0) is 33.1. The first-order chi connectivity index (χ1) is 21.9. The summed E-state index contributed by atoms with van der Waals surface area (Å²) >= 11 is 0. The van der Waals surface area contributed by atoms with Gasteiger partial charge in [0.25, 0.3) is 0 Å². The number of esters is 3. The number of para-hydroxylation sites is 1. The SMILES string of the molecule is CC(=O)O[C@H]1[C@H](c2ccc3c(N)ncnn23)O[C@](C)(CO[P@@](=O)(N[C@@H](C)C(=O)OCC2CCC2)Oc2ccccc2)[C@H]1OC(C)=O. The van der Waals surface area contributed by atoms with Crippen molar-refractivity contribution in [3.05, 3.63) is 54.5 Å². The summed E-state index contributed by atoms with van der Waals surface area (Å²) in [6, 6.07) is 10.5. The summed E-state index contributed by atoms with van der Waals surface area (Å²) in [5.41, 5.74) is 5.35. The maximum absolute atomic E-state index is 14.3. The Hall–Kier alpha value is -4.04. The minimum atomic E-state index is -4.34. The standard InChI is InChI=1S/C30H38N5O10P/c1-18(29(38)40-15-21-9-8-10-21)34-46(39,45-22-11-6-5-7-12-22)41-16-30(4)27(43-20(3)37)26(42-19(2)36)25(44-30)23-13-14-24-28(31)32-17-33-35(23)24/h5-7,11-14,17-18,21,25-27H,8-10,15-16H2,1-4H3,(H,34,39)(H2,31,32,33)/t18-,25-,26-,27-,30+,46-/m0/s1. The molecule has 15 nitrogen and oxygen atoms in total. The van der Waals surface area contributed by atoms with Crippen LogP contribution in [0.2, 0.25) is 0 Å². The lowest BCUT2D eigenvalue weighted by Gasteiger charge is -2.32. The zero-order valence-electron chi connectivity index (χ0n) is 26.0. The lowest BCUT2D eigenvalue weighted by atomic mass is 9.86. The summed E-state index contributed by atoms with van der Waals surface area (Å²) in [5.74, 6) is -1.24. The summed E-state index contributed by atoms with van der Waals surface area (Å²) in [7, 11) is -4.34. The number of carbonyl (C=O) groups excluding carboxylic acids is 3. The second-order valence-corrected chi connectivity index (χ2v) is 13.3. The van der Waals surface area contributed by atoms with Gasteiger partial charge in [0, 0.05) is 13.8 Å². The number of nitrogens with one attached hydrogen (secondary N) is 1. The number of rotatable bonds is 13. The molecule has 2 fully saturated rings. The molecule has 5 rings (SSSR count). The summed E-state index contributed by atoms with van der Waals surface area (Å²) in [6.45, 7) is 5.22. The van der Waals surface area contributed by atoms with Gasteiger partial charge in [-0.05, 0) is 56.9 Å². The van der Waals surface area contributed by atoms with E-state index in [0.29, 0.717) is 17.1 Å². The number of ether oxygens (including phenoxy) is 4. The Labute approximate surface area is 265 Å². The number of aromatic nitrogens is 3. The first kappa shape index (κ1) is 33.3. The van der Waals surface area contributed by atoms with Crippen LogP contribution in [0.25, 0.3) is 5.52 Å². The number of nitrogens with zero attached hydrogens (tertiary/aromatic N) is 3. The van der Waals surface area contributed by atoms with Gasteiger partial charge in [-0.15, -0.1) is 0 Å². The number of nitrogens with two attached hydrogens (primary N) is 1. The normalized spacial score (nSPS) is 24.8. The van der Waals surface area contributed by atoms with Gasteiger partial charge in [-0.25, -0.2) is 14.1 Å². The van der Waals surface area contributed by atoms with Crippen molar-refractivity contribution in [1.29, 1.82) is 0 Å². The molecule has 1 aliphatic heterocycles. The van der Waals surface area contributed by atoms with Crippen LogP contribution in [0.5, 0.6) is 5.75 Å². The summed E-state index contributed by atoms with van der Waals surface area (Å²) in [4.78, 5) is 41.4. The van der Waals surface area contributed by atoms with E-state index in [1.165, 1.54) is 31.6 Å². The highest BCUT2D eigenvalue weighted by molar-refractivity contribution is 7.52. The predicted molar refractivity (Wildman–Crippen MR) is 162 cm³/mol. The molecule has 3 N–H and O–H groups in total. The molecule has 2 aliphatic rings. The van der Waals surface area contributed by atoms with E-state index in [0.717, 1.165) is 19.3 Å². The van der Waals surface area contributed by atoms with Gasteiger partial charge in [-0.1, -0.05) is 24.6 Å². The third-order valence-electron chi connectivity index (χ3n) is 7.87. The molecular weight excluding hydrogens is 621 g/mol. The van der Waals surface area contributed by atoms with Crippen LogP contribution in [0.1, 0.15) is 58.8 Å². The molecule has 0 spiro atoms. The minimum absolute atomic E-state index is 0.204. The van der Waals surface area contributed by atoms with E-state index >= 15 is 0 Å². The van der Waals surface area contributed by atoms with Gasteiger partial charge in [0.1, 0.15) is 35.3 Å². The van der Waals surface area contributed by atoms with Crippen LogP contribution in [-0.2, 0) is 42.4 Å². The molecule has 0 unspecified atom stereocenters. The van der Waals surface area contributed by atoms with Crippen molar-refractivity contribution >= 4 is 37.0 Å². The van der Waals surface area contributed by atoms with Gasteiger partial charge >= 0.3 is 25.7 Å². The Morgan fingerprint density at radius 2 is 1.85 bits per heavy atom. The fourth-order valence-corrected chi connectivity index (χ4v) is 6.93. The molecule has 0 amide bonds. The molecule has 1 aliphatic carbocycles. The van der Waals surface area contributed by atoms with E-state index in [1.54, 1.807) is 49.4 Å². The van der Waals surface area contributed by atoms with Gasteiger partial charge in [-0.3, -0.25) is 18.9 Å². The Kier molecular flexibility index (Phi) is 9.96. The number of hydrogen-bond donors (Lipinski definition) is 2. The molecule has 46 heavy (non-hydrogen) atoms. The fraction of sp³-hybridized carbons (Fsp3) is 0.500. The maximum atomic E-state index is 14.3. The van der Waals surface area contributed by atoms with Crippen molar-refractivity contribution in [3.8, 4) is 5.75 Å². The molecule has 3 heterocycles. The predicted octanol–water partition coefficient (Wildman–Crippen LogP) is 3.53. The largest absolute Gasteiger partial charge is 0.464 e. The molecule has 0 radical (unpaired) electrons. The van der Waals surface area contributed by atoms with E-state index in [4.69, 9.17) is 33.7 Å². The lowest BCUT2D eigenvalue weighted by Crippen LogP contribution is -2.48. The third-order valence-corrected chi connectivity index (χ3v) is 9.50. The van der Waals surface area contributed by atoms with Crippen LogP contribution in [-0.4, -0.2) is 69.6 Å². The van der Waals surface area contributed by atoms with Crippen molar-refractivity contribution in [2.75, 3.05) is 18.9 Å². The fourth-order valence-electron chi connectivity index (χ4n) is 5.35. The van der Waals surface area contributed by atoms with E-state index in [9.17, 15) is 18.9 Å². The Balaban J connectivity index is 1.43. The first-order valence-corrected chi connectivity index (χ1v) is 16.5. The Morgan fingerprint density at radius 3 is 2.50 bits per heavy atom. The lowest BCUT2D eigenvalue weighted by molar-refractivity contribution is -0.169. The number of carbonyl (C=O) groups is 3. The highest BCUT2D eigenvalue weighted by Crippen LogP contribution is 2.50. The topological polar surface area (TPSA) is 192 Å². The van der Waals surface area contributed by atoms with E-state index < -0.39 is 62.2 Å². The van der Waals surface area contributed by atoms with Crippen LogP contribution in [0.4, 0.5) is 5.82 Å². The summed E-state index contributed by atoms with van der Waals surface area (Å²) < 4.78 is 50.7. The highest BCUT2D eigenvalue weighted by Gasteiger charge is 2.58. The molecule has 1 aromatic carbocycles. The summed E-state index contributed by atoms with van der Waals surface area (Å²) in [6.07, 6.45) is 0.886. The second-order valence-electron chi connectivity index (χ2n) is 11.6. The van der Waals surface area contributed by atoms with Gasteiger partial charge in [0.15, 0.2) is 18.0 Å². The Bertz CT molecular complexity index is 1620. The first-order valence-electron chi connectivity index (χ1n) is 14.9. The quantitative estimate of drug-likeness (QED) is 0.154. The molecule has 16 heteroatoms.